The minimum Gasteiger partial charge on any atom is -0.503 e. The first kappa shape index (κ1) is 24.1. The van der Waals surface area contributed by atoms with E-state index in [9.17, 15) is 41.0 Å². The molecule has 2 saturated carbocycles. The third-order valence-electron chi connectivity index (χ3n) is 6.30. The van der Waals surface area contributed by atoms with Gasteiger partial charge in [-0.15, -0.1) is 0 Å². The normalized spacial score (nSPS) is 18.2. The number of nitrogens with zero attached hydrogens (tertiary/aromatic N) is 2. The molecule has 1 aromatic carbocycles. The van der Waals surface area contributed by atoms with Gasteiger partial charge in [0.2, 0.25) is 0 Å². The van der Waals surface area contributed by atoms with Crippen molar-refractivity contribution >= 4 is 5.91 Å². The molecule has 0 saturated heterocycles. The minimum absolute atomic E-state index is 0.0793. The van der Waals surface area contributed by atoms with Crippen molar-refractivity contribution < 1.29 is 36.2 Å². The van der Waals surface area contributed by atoms with E-state index in [4.69, 9.17) is 0 Å². The number of benzene rings is 1. The molecule has 6 nitrogen and oxygen atoms in total. The maximum absolute atomic E-state index is 13.4. The molecule has 4 rings (SSSR count). The van der Waals surface area contributed by atoms with E-state index in [0.717, 1.165) is 23.7 Å². The van der Waals surface area contributed by atoms with Crippen molar-refractivity contribution in [2.45, 2.75) is 68.9 Å². The van der Waals surface area contributed by atoms with Crippen molar-refractivity contribution in [3.05, 3.63) is 57.0 Å². The average molecular weight is 489 g/mol. The molecule has 0 unspecified atom stereocenters. The molecule has 1 heterocycles. The van der Waals surface area contributed by atoms with Crippen molar-refractivity contribution in [2.75, 3.05) is 0 Å². The van der Waals surface area contributed by atoms with Crippen molar-refractivity contribution in [3.8, 4) is 5.75 Å². The Hall–Kier alpha value is -3.05. The van der Waals surface area contributed by atoms with Crippen molar-refractivity contribution in [2.24, 2.45) is 0 Å². The molecule has 2 N–H and O–H groups in total. The first-order valence-corrected chi connectivity index (χ1v) is 10.7. The Kier molecular flexibility index (Phi) is 5.89. The van der Waals surface area contributed by atoms with E-state index < -0.39 is 51.7 Å². The molecule has 12 heteroatoms. The number of aromatic hydroxyl groups is 1. The molecule has 184 valence electrons. The fourth-order valence-corrected chi connectivity index (χ4v) is 4.40. The zero-order chi connectivity index (χ0) is 24.9. The smallest absolute Gasteiger partial charge is 0.416 e. The summed E-state index contributed by atoms with van der Waals surface area (Å²) >= 11 is 0. The Morgan fingerprint density at radius 1 is 1.06 bits per heavy atom. The molecule has 0 spiro atoms. The van der Waals surface area contributed by atoms with E-state index in [1.165, 1.54) is 0 Å². The lowest BCUT2D eigenvalue weighted by Crippen LogP contribution is -2.35. The van der Waals surface area contributed by atoms with E-state index in [0.29, 0.717) is 25.0 Å². The van der Waals surface area contributed by atoms with Gasteiger partial charge in [0, 0.05) is 11.5 Å². The SMILES string of the molecule is O=C(NC1CC1)c1nn(CC2(c3cc(C(F)(F)F)cc(C(F)(F)F)c3)CCCC2)cc(O)c1=O. The Labute approximate surface area is 189 Å². The summed E-state index contributed by atoms with van der Waals surface area (Å²) in [6.07, 6.45) is -5.92. The number of aromatic nitrogens is 2. The third-order valence-corrected chi connectivity index (χ3v) is 6.30. The second-order valence-electron chi connectivity index (χ2n) is 8.92. The summed E-state index contributed by atoms with van der Waals surface area (Å²) in [7, 11) is 0. The Balaban J connectivity index is 1.78. The topological polar surface area (TPSA) is 84.2 Å². The van der Waals surface area contributed by atoms with Crippen LogP contribution in [-0.4, -0.2) is 26.8 Å². The van der Waals surface area contributed by atoms with Crippen molar-refractivity contribution in [1.82, 2.24) is 15.1 Å². The van der Waals surface area contributed by atoms with Gasteiger partial charge in [0.25, 0.3) is 11.3 Å². The second kappa shape index (κ2) is 8.31. The van der Waals surface area contributed by atoms with E-state index >= 15 is 0 Å². The van der Waals surface area contributed by atoms with Gasteiger partial charge in [-0.2, -0.15) is 31.4 Å². The van der Waals surface area contributed by atoms with E-state index in [1.807, 2.05) is 0 Å². The molecule has 2 aromatic rings. The molecule has 34 heavy (non-hydrogen) atoms. The van der Waals surface area contributed by atoms with Crippen LogP contribution in [-0.2, 0) is 24.3 Å². The van der Waals surface area contributed by atoms with Gasteiger partial charge in [0.1, 0.15) is 0 Å². The number of nitrogens with one attached hydrogen (secondary N) is 1. The van der Waals surface area contributed by atoms with Crippen molar-refractivity contribution in [1.29, 1.82) is 0 Å². The number of halogens is 6. The highest BCUT2D eigenvalue weighted by Gasteiger charge is 2.42. The van der Waals surface area contributed by atoms with Gasteiger partial charge in [0.05, 0.1) is 23.9 Å². The number of hydrogen-bond acceptors (Lipinski definition) is 4. The Morgan fingerprint density at radius 3 is 2.12 bits per heavy atom. The predicted molar refractivity (Wildman–Crippen MR) is 107 cm³/mol. The Morgan fingerprint density at radius 2 is 1.62 bits per heavy atom. The molecule has 0 radical (unpaired) electrons. The van der Waals surface area contributed by atoms with Gasteiger partial charge in [-0.25, -0.2) is 0 Å². The highest BCUT2D eigenvalue weighted by Crippen LogP contribution is 2.46. The summed E-state index contributed by atoms with van der Waals surface area (Å²) < 4.78 is 81.6. The molecule has 2 aliphatic carbocycles. The first-order valence-electron chi connectivity index (χ1n) is 10.7. The van der Waals surface area contributed by atoms with Crippen LogP contribution in [0.15, 0.2) is 29.2 Å². The molecular weight excluding hydrogens is 468 g/mol. The molecule has 0 atom stereocenters. The monoisotopic (exact) mass is 489 g/mol. The van der Waals surface area contributed by atoms with Crippen LogP contribution in [0.2, 0.25) is 0 Å². The van der Waals surface area contributed by atoms with Crippen LogP contribution in [0, 0.1) is 0 Å². The number of carbonyl (C=O) groups is 1. The van der Waals surface area contributed by atoms with E-state index in [-0.39, 0.29) is 37.1 Å². The molecule has 2 fully saturated rings. The molecule has 1 amide bonds. The first-order chi connectivity index (χ1) is 15.8. The maximum Gasteiger partial charge on any atom is 0.416 e. The summed E-state index contributed by atoms with van der Waals surface area (Å²) in [5, 5.41) is 16.6. The van der Waals surface area contributed by atoms with Crippen LogP contribution in [0.25, 0.3) is 0 Å². The van der Waals surface area contributed by atoms with Crippen LogP contribution >= 0.6 is 0 Å². The lowest BCUT2D eigenvalue weighted by Gasteiger charge is -2.31. The number of rotatable bonds is 5. The van der Waals surface area contributed by atoms with E-state index in [1.54, 1.807) is 0 Å². The zero-order valence-electron chi connectivity index (χ0n) is 17.8. The maximum atomic E-state index is 13.4. The summed E-state index contributed by atoms with van der Waals surface area (Å²) in [4.78, 5) is 24.6. The number of carbonyl (C=O) groups excluding carboxylic acids is 1. The van der Waals surface area contributed by atoms with Gasteiger partial charge in [-0.05, 0) is 49.4 Å². The summed E-state index contributed by atoms with van der Waals surface area (Å²) in [6.45, 7) is -0.219. The molecular formula is C22H21F6N3O3. The lowest BCUT2D eigenvalue weighted by molar-refractivity contribution is -0.143. The van der Waals surface area contributed by atoms with Gasteiger partial charge in [0.15, 0.2) is 11.4 Å². The fourth-order valence-electron chi connectivity index (χ4n) is 4.40. The number of hydrogen-bond donors (Lipinski definition) is 2. The van der Waals surface area contributed by atoms with Crippen LogP contribution < -0.4 is 10.7 Å². The summed E-state index contributed by atoms with van der Waals surface area (Å²) in [6, 6.07) is 1.40. The standard InChI is InChI=1S/C22H21F6N3O3/c23-21(24,25)13-7-12(8-14(9-13)22(26,27)28)20(5-1-2-6-20)11-31-10-16(32)18(33)17(30-31)19(34)29-15-3-4-15/h7-10,15,32H,1-6,11H2,(H,29,34). The third kappa shape index (κ3) is 4.90. The van der Waals surface area contributed by atoms with E-state index in [2.05, 4.69) is 10.4 Å². The fraction of sp³-hybridized carbons (Fsp3) is 0.500. The summed E-state index contributed by atoms with van der Waals surface area (Å²) in [5.41, 5.74) is -5.74. The predicted octanol–water partition coefficient (Wildman–Crippen LogP) is 4.39. The quantitative estimate of drug-likeness (QED) is 0.611. The van der Waals surface area contributed by atoms with Crippen LogP contribution in [0.5, 0.6) is 5.75 Å². The Bertz CT molecular complexity index is 1130. The number of alkyl halides is 6. The van der Waals surface area contributed by atoms with Crippen LogP contribution in [0.3, 0.4) is 0 Å². The largest absolute Gasteiger partial charge is 0.503 e. The van der Waals surface area contributed by atoms with Gasteiger partial charge >= 0.3 is 12.4 Å². The zero-order valence-corrected chi connectivity index (χ0v) is 17.8. The number of amides is 1. The van der Waals surface area contributed by atoms with Crippen LogP contribution in [0.4, 0.5) is 26.3 Å². The molecule has 1 aromatic heterocycles. The molecule has 0 bridgehead atoms. The molecule has 2 aliphatic rings. The average Bonchev–Trinajstić information content (AvgIpc) is 3.43. The second-order valence-corrected chi connectivity index (χ2v) is 8.92. The highest BCUT2D eigenvalue weighted by atomic mass is 19.4. The highest BCUT2D eigenvalue weighted by molar-refractivity contribution is 5.92. The lowest BCUT2D eigenvalue weighted by atomic mass is 9.77. The summed E-state index contributed by atoms with van der Waals surface area (Å²) in [5.74, 6) is -1.58. The van der Waals surface area contributed by atoms with Gasteiger partial charge < -0.3 is 10.4 Å². The minimum atomic E-state index is -4.99. The van der Waals surface area contributed by atoms with Crippen molar-refractivity contribution in [3.63, 3.8) is 0 Å². The van der Waals surface area contributed by atoms with Crippen LogP contribution in [0.1, 0.15) is 65.7 Å². The van der Waals surface area contributed by atoms with Gasteiger partial charge in [-0.1, -0.05) is 12.8 Å². The molecule has 0 aliphatic heterocycles. The van der Waals surface area contributed by atoms with Gasteiger partial charge in [-0.3, -0.25) is 14.3 Å².